The third-order valence-electron chi connectivity index (χ3n) is 3.10. The highest BCUT2D eigenvalue weighted by Crippen LogP contribution is 2.17. The molecule has 110 valence electrons. The first-order chi connectivity index (χ1) is 10.2. The molecule has 1 saturated heterocycles. The van der Waals surface area contributed by atoms with Gasteiger partial charge in [0, 0.05) is 31.0 Å². The molecule has 1 aromatic rings. The van der Waals surface area contributed by atoms with Crippen LogP contribution in [0.2, 0.25) is 0 Å². The number of carbonyl (C=O) groups excluding carboxylic acids is 1. The number of benzene rings is 1. The van der Waals surface area contributed by atoms with Crippen molar-refractivity contribution in [2.24, 2.45) is 0 Å². The molecule has 0 radical (unpaired) electrons. The summed E-state index contributed by atoms with van der Waals surface area (Å²) >= 11 is 0. The third kappa shape index (κ3) is 3.97. The van der Waals surface area contributed by atoms with Gasteiger partial charge in [-0.25, -0.2) is 0 Å². The lowest BCUT2D eigenvalue weighted by Gasteiger charge is -2.26. The van der Waals surface area contributed by atoms with Crippen LogP contribution in [0.5, 0.6) is 5.75 Å². The van der Waals surface area contributed by atoms with E-state index < -0.39 is 0 Å². The largest absolute Gasteiger partial charge is 0.497 e. The first-order valence-electron chi connectivity index (χ1n) is 6.62. The zero-order chi connectivity index (χ0) is 15.1. The molecule has 1 aromatic carbocycles. The summed E-state index contributed by atoms with van der Waals surface area (Å²) in [4.78, 5) is 13.8. The Labute approximate surface area is 123 Å². The van der Waals surface area contributed by atoms with E-state index in [2.05, 4.69) is 5.32 Å². The molecular weight excluding hydrogens is 270 g/mol. The summed E-state index contributed by atoms with van der Waals surface area (Å²) < 4.78 is 10.3. The predicted octanol–water partition coefficient (Wildman–Crippen LogP) is 1.37. The maximum Gasteiger partial charge on any atom is 0.266 e. The number of morpholine rings is 1. The number of carbonyl (C=O) groups is 1. The molecule has 6 nitrogen and oxygen atoms in total. The van der Waals surface area contributed by atoms with Crippen molar-refractivity contribution in [3.05, 3.63) is 36.0 Å². The Kier molecular flexibility index (Phi) is 5.18. The van der Waals surface area contributed by atoms with Crippen molar-refractivity contribution in [2.75, 3.05) is 38.7 Å². The second kappa shape index (κ2) is 7.31. The number of anilines is 1. The number of amides is 1. The number of hydrogen-bond acceptors (Lipinski definition) is 5. The van der Waals surface area contributed by atoms with Gasteiger partial charge in [0.15, 0.2) is 0 Å². The zero-order valence-electron chi connectivity index (χ0n) is 11.8. The molecule has 0 aliphatic carbocycles. The molecule has 0 unspecified atom stereocenters. The minimum absolute atomic E-state index is 0.0692. The fraction of sp³-hybridized carbons (Fsp3) is 0.333. The Bertz CT molecular complexity index is 572. The minimum atomic E-state index is -0.281. The van der Waals surface area contributed by atoms with Crippen molar-refractivity contribution in [3.63, 3.8) is 0 Å². The van der Waals surface area contributed by atoms with Gasteiger partial charge in [-0.15, -0.1) is 0 Å². The van der Waals surface area contributed by atoms with Crippen molar-refractivity contribution >= 4 is 11.6 Å². The van der Waals surface area contributed by atoms with E-state index in [-0.39, 0.29) is 11.5 Å². The van der Waals surface area contributed by atoms with Crippen LogP contribution >= 0.6 is 0 Å². The van der Waals surface area contributed by atoms with E-state index in [4.69, 9.17) is 14.7 Å². The van der Waals surface area contributed by atoms with Crippen molar-refractivity contribution in [3.8, 4) is 11.8 Å². The minimum Gasteiger partial charge on any atom is -0.497 e. The topological polar surface area (TPSA) is 74.6 Å². The van der Waals surface area contributed by atoms with Gasteiger partial charge in [0.1, 0.15) is 17.4 Å². The fourth-order valence-corrected chi connectivity index (χ4v) is 1.95. The maximum absolute atomic E-state index is 12.2. The van der Waals surface area contributed by atoms with Gasteiger partial charge >= 0.3 is 0 Å². The second-order valence-electron chi connectivity index (χ2n) is 4.45. The van der Waals surface area contributed by atoms with Crippen LogP contribution in [0, 0.1) is 11.3 Å². The van der Waals surface area contributed by atoms with Gasteiger partial charge in [0.05, 0.1) is 20.3 Å². The summed E-state index contributed by atoms with van der Waals surface area (Å²) in [6.07, 6.45) is 1.42. The lowest BCUT2D eigenvalue weighted by Crippen LogP contribution is -2.41. The third-order valence-corrected chi connectivity index (χ3v) is 3.10. The molecule has 0 saturated carbocycles. The normalized spacial score (nSPS) is 15.2. The Balaban J connectivity index is 2.05. The van der Waals surface area contributed by atoms with Crippen LogP contribution in [0.1, 0.15) is 0 Å². The fourth-order valence-electron chi connectivity index (χ4n) is 1.95. The number of hydrogen-bond donors (Lipinski definition) is 1. The number of nitrogens with one attached hydrogen (secondary N) is 1. The van der Waals surface area contributed by atoms with Crippen LogP contribution in [0.3, 0.4) is 0 Å². The predicted molar refractivity (Wildman–Crippen MR) is 77.7 cm³/mol. The molecule has 1 aliphatic heterocycles. The quantitative estimate of drug-likeness (QED) is 0.669. The molecule has 1 aliphatic rings. The Morgan fingerprint density at radius 3 is 2.90 bits per heavy atom. The summed E-state index contributed by atoms with van der Waals surface area (Å²) in [5.74, 6) is 0.419. The van der Waals surface area contributed by atoms with Gasteiger partial charge in [-0.1, -0.05) is 6.07 Å². The Morgan fingerprint density at radius 2 is 2.24 bits per heavy atom. The standard InChI is InChI=1S/C15H17N3O3/c1-20-14-4-2-3-13(9-14)17-11-12(10-16)15(19)18-5-7-21-8-6-18/h2-4,9,11,17H,5-8H2,1H3/b12-11+. The van der Waals surface area contributed by atoms with E-state index in [1.165, 1.54) is 6.20 Å². The van der Waals surface area contributed by atoms with Crippen molar-refractivity contribution in [2.45, 2.75) is 0 Å². The van der Waals surface area contributed by atoms with Gasteiger partial charge in [0.2, 0.25) is 0 Å². The van der Waals surface area contributed by atoms with E-state index in [1.807, 2.05) is 24.3 Å². The van der Waals surface area contributed by atoms with Crippen molar-refractivity contribution in [1.82, 2.24) is 4.90 Å². The molecule has 0 bridgehead atoms. The maximum atomic E-state index is 12.2. The first kappa shape index (κ1) is 14.9. The van der Waals surface area contributed by atoms with E-state index >= 15 is 0 Å². The molecule has 0 aromatic heterocycles. The molecular formula is C15H17N3O3. The average molecular weight is 287 g/mol. The number of nitriles is 1. The van der Waals surface area contributed by atoms with Crippen LogP contribution < -0.4 is 10.1 Å². The smallest absolute Gasteiger partial charge is 0.266 e. The van der Waals surface area contributed by atoms with Crippen LogP contribution in [0.25, 0.3) is 0 Å². The zero-order valence-corrected chi connectivity index (χ0v) is 11.8. The summed E-state index contributed by atoms with van der Waals surface area (Å²) in [5.41, 5.74) is 0.816. The highest BCUT2D eigenvalue weighted by Gasteiger charge is 2.20. The number of nitrogens with zero attached hydrogens (tertiary/aromatic N) is 2. The van der Waals surface area contributed by atoms with Gasteiger partial charge in [-0.2, -0.15) is 5.26 Å². The Hall–Kier alpha value is -2.52. The highest BCUT2D eigenvalue weighted by molar-refractivity contribution is 5.97. The van der Waals surface area contributed by atoms with Gasteiger partial charge < -0.3 is 19.7 Å². The second-order valence-corrected chi connectivity index (χ2v) is 4.45. The highest BCUT2D eigenvalue weighted by atomic mass is 16.5. The number of rotatable bonds is 4. The molecule has 0 atom stereocenters. The van der Waals surface area contributed by atoms with Crippen LogP contribution in [-0.4, -0.2) is 44.2 Å². The van der Waals surface area contributed by atoms with Crippen LogP contribution in [0.15, 0.2) is 36.0 Å². The molecule has 2 rings (SSSR count). The first-order valence-corrected chi connectivity index (χ1v) is 6.62. The molecule has 1 N–H and O–H groups in total. The SMILES string of the molecule is COc1cccc(N/C=C(\C#N)C(=O)N2CCOCC2)c1. The summed E-state index contributed by atoms with van der Waals surface area (Å²) in [6, 6.07) is 9.19. The summed E-state index contributed by atoms with van der Waals surface area (Å²) in [6.45, 7) is 2.04. The van der Waals surface area contributed by atoms with E-state index in [9.17, 15) is 4.79 Å². The van der Waals surface area contributed by atoms with Gasteiger partial charge in [-0.05, 0) is 12.1 Å². The van der Waals surface area contributed by atoms with Crippen molar-refractivity contribution in [1.29, 1.82) is 5.26 Å². The summed E-state index contributed by atoms with van der Waals surface area (Å²) in [5, 5.41) is 12.1. The van der Waals surface area contributed by atoms with E-state index in [1.54, 1.807) is 18.1 Å². The molecule has 0 spiro atoms. The van der Waals surface area contributed by atoms with Crippen LogP contribution in [-0.2, 0) is 9.53 Å². The lowest BCUT2D eigenvalue weighted by atomic mass is 10.2. The molecule has 21 heavy (non-hydrogen) atoms. The molecule has 1 amide bonds. The molecule has 1 fully saturated rings. The Morgan fingerprint density at radius 1 is 1.48 bits per heavy atom. The van der Waals surface area contributed by atoms with E-state index in [0.29, 0.717) is 32.1 Å². The summed E-state index contributed by atoms with van der Waals surface area (Å²) in [7, 11) is 1.58. The lowest BCUT2D eigenvalue weighted by molar-refractivity contribution is -0.130. The molecule has 1 heterocycles. The number of methoxy groups -OCH3 is 1. The van der Waals surface area contributed by atoms with Gasteiger partial charge in [0.25, 0.3) is 5.91 Å². The van der Waals surface area contributed by atoms with Crippen molar-refractivity contribution < 1.29 is 14.3 Å². The molecule has 6 heteroatoms. The average Bonchev–Trinajstić information content (AvgIpc) is 2.56. The van der Waals surface area contributed by atoms with Crippen LogP contribution in [0.4, 0.5) is 5.69 Å². The van der Waals surface area contributed by atoms with Gasteiger partial charge in [-0.3, -0.25) is 4.79 Å². The number of ether oxygens (including phenoxy) is 2. The van der Waals surface area contributed by atoms with E-state index in [0.717, 1.165) is 5.69 Å². The monoisotopic (exact) mass is 287 g/mol.